The number of nitrogens with one attached hydrogen (secondary N) is 2. The summed E-state index contributed by atoms with van der Waals surface area (Å²) >= 11 is 7.53. The third-order valence-electron chi connectivity index (χ3n) is 2.72. The monoisotopic (exact) mass is 294 g/mol. The maximum absolute atomic E-state index is 11.7. The molecule has 0 fully saturated rings. The van der Waals surface area contributed by atoms with E-state index >= 15 is 0 Å². The maximum Gasteiger partial charge on any atom is 0.315 e. The SMILES string of the molecule is Cc1ccsc1CNC(=O)NCc1cccc(Cl)c1. The minimum Gasteiger partial charge on any atom is -0.334 e. The van der Waals surface area contributed by atoms with Crippen LogP contribution in [0.25, 0.3) is 0 Å². The Morgan fingerprint density at radius 1 is 1.26 bits per heavy atom. The van der Waals surface area contributed by atoms with Gasteiger partial charge < -0.3 is 10.6 Å². The second kappa shape index (κ2) is 6.59. The average molecular weight is 295 g/mol. The Morgan fingerprint density at radius 2 is 2.05 bits per heavy atom. The van der Waals surface area contributed by atoms with Gasteiger partial charge in [0.25, 0.3) is 0 Å². The fraction of sp³-hybridized carbons (Fsp3) is 0.214. The van der Waals surface area contributed by atoms with Gasteiger partial charge in [0.15, 0.2) is 0 Å². The molecule has 2 N–H and O–H groups in total. The highest BCUT2D eigenvalue weighted by Crippen LogP contribution is 2.14. The van der Waals surface area contributed by atoms with Gasteiger partial charge in [-0.1, -0.05) is 23.7 Å². The van der Waals surface area contributed by atoms with E-state index in [1.165, 1.54) is 10.4 Å². The Kier molecular flexibility index (Phi) is 4.82. The van der Waals surface area contributed by atoms with E-state index in [0.717, 1.165) is 5.56 Å². The van der Waals surface area contributed by atoms with Crippen molar-refractivity contribution in [2.24, 2.45) is 0 Å². The molecule has 1 heterocycles. The van der Waals surface area contributed by atoms with Crippen molar-refractivity contribution in [1.29, 1.82) is 0 Å². The Morgan fingerprint density at radius 3 is 2.74 bits per heavy atom. The lowest BCUT2D eigenvalue weighted by molar-refractivity contribution is 0.240. The van der Waals surface area contributed by atoms with E-state index in [-0.39, 0.29) is 6.03 Å². The predicted octanol–water partition coefficient (Wildman–Crippen LogP) is 3.71. The summed E-state index contributed by atoms with van der Waals surface area (Å²) in [6.07, 6.45) is 0. The number of urea groups is 1. The molecule has 2 rings (SSSR count). The fourth-order valence-corrected chi connectivity index (χ4v) is 2.70. The van der Waals surface area contributed by atoms with Gasteiger partial charge in [-0.15, -0.1) is 11.3 Å². The summed E-state index contributed by atoms with van der Waals surface area (Å²) in [5.41, 5.74) is 2.19. The van der Waals surface area contributed by atoms with E-state index in [1.807, 2.05) is 42.6 Å². The quantitative estimate of drug-likeness (QED) is 0.887. The first-order valence-electron chi connectivity index (χ1n) is 5.94. The summed E-state index contributed by atoms with van der Waals surface area (Å²) in [6.45, 7) is 3.07. The van der Waals surface area contributed by atoms with Crippen LogP contribution in [0, 0.1) is 6.92 Å². The van der Waals surface area contributed by atoms with Crippen LogP contribution in [0.5, 0.6) is 0 Å². The van der Waals surface area contributed by atoms with Crippen molar-refractivity contribution in [3.8, 4) is 0 Å². The van der Waals surface area contributed by atoms with Crippen LogP contribution < -0.4 is 10.6 Å². The van der Waals surface area contributed by atoms with Gasteiger partial charge in [0.2, 0.25) is 0 Å². The normalized spacial score (nSPS) is 10.2. The predicted molar refractivity (Wildman–Crippen MR) is 79.6 cm³/mol. The Hall–Kier alpha value is -1.52. The summed E-state index contributed by atoms with van der Waals surface area (Å²) in [4.78, 5) is 12.8. The first-order valence-corrected chi connectivity index (χ1v) is 7.20. The first kappa shape index (κ1) is 13.9. The molecule has 0 spiro atoms. The molecule has 2 aromatic rings. The number of rotatable bonds is 4. The molecule has 1 aromatic heterocycles. The first-order chi connectivity index (χ1) is 9.15. The zero-order chi connectivity index (χ0) is 13.7. The van der Waals surface area contributed by atoms with E-state index in [0.29, 0.717) is 18.1 Å². The molecule has 0 radical (unpaired) electrons. The van der Waals surface area contributed by atoms with E-state index in [2.05, 4.69) is 10.6 Å². The molecular formula is C14H15ClN2OS. The number of amides is 2. The van der Waals surface area contributed by atoms with Gasteiger partial charge in [-0.3, -0.25) is 0 Å². The lowest BCUT2D eigenvalue weighted by atomic mass is 10.2. The Balaban J connectivity index is 1.77. The zero-order valence-electron chi connectivity index (χ0n) is 10.6. The number of benzene rings is 1. The number of carbonyl (C=O) groups is 1. The van der Waals surface area contributed by atoms with Crippen molar-refractivity contribution in [2.75, 3.05) is 0 Å². The molecule has 0 saturated heterocycles. The second-order valence-corrected chi connectivity index (χ2v) is 5.63. The number of hydrogen-bond acceptors (Lipinski definition) is 2. The lowest BCUT2D eigenvalue weighted by Gasteiger charge is -2.07. The summed E-state index contributed by atoms with van der Waals surface area (Å²) in [5.74, 6) is 0. The van der Waals surface area contributed by atoms with E-state index < -0.39 is 0 Å². The smallest absolute Gasteiger partial charge is 0.315 e. The van der Waals surface area contributed by atoms with Crippen molar-refractivity contribution < 1.29 is 4.79 Å². The highest BCUT2D eigenvalue weighted by Gasteiger charge is 2.03. The molecule has 0 saturated carbocycles. The van der Waals surface area contributed by atoms with Gasteiger partial charge in [0.05, 0.1) is 6.54 Å². The van der Waals surface area contributed by atoms with Crippen molar-refractivity contribution >= 4 is 29.0 Å². The Bertz CT molecular complexity index is 568. The molecular weight excluding hydrogens is 280 g/mol. The highest BCUT2D eigenvalue weighted by atomic mass is 35.5. The second-order valence-electron chi connectivity index (χ2n) is 4.19. The van der Waals surface area contributed by atoms with E-state index in [9.17, 15) is 4.79 Å². The average Bonchev–Trinajstić information content (AvgIpc) is 2.80. The van der Waals surface area contributed by atoms with E-state index in [1.54, 1.807) is 11.3 Å². The number of halogens is 1. The molecule has 3 nitrogen and oxygen atoms in total. The molecule has 0 aliphatic heterocycles. The fourth-order valence-electron chi connectivity index (χ4n) is 1.64. The number of carbonyl (C=O) groups excluding carboxylic acids is 1. The van der Waals surface area contributed by atoms with Crippen LogP contribution in [0.2, 0.25) is 5.02 Å². The number of thiophene rings is 1. The molecule has 2 amide bonds. The van der Waals surface area contributed by atoms with Crippen molar-refractivity contribution in [3.05, 3.63) is 56.7 Å². The minimum atomic E-state index is -0.173. The van der Waals surface area contributed by atoms with Gasteiger partial charge in [-0.2, -0.15) is 0 Å². The van der Waals surface area contributed by atoms with Gasteiger partial charge in [0, 0.05) is 16.4 Å². The van der Waals surface area contributed by atoms with Crippen LogP contribution in [-0.4, -0.2) is 6.03 Å². The molecule has 5 heteroatoms. The van der Waals surface area contributed by atoms with Gasteiger partial charge in [-0.05, 0) is 41.6 Å². The topological polar surface area (TPSA) is 41.1 Å². The molecule has 0 atom stereocenters. The largest absolute Gasteiger partial charge is 0.334 e. The van der Waals surface area contributed by atoms with Gasteiger partial charge in [0.1, 0.15) is 0 Å². The standard InChI is InChI=1S/C14H15ClN2OS/c1-10-5-6-19-13(10)9-17-14(18)16-8-11-3-2-4-12(15)7-11/h2-7H,8-9H2,1H3,(H2,16,17,18). The summed E-state index contributed by atoms with van der Waals surface area (Å²) < 4.78 is 0. The third-order valence-corrected chi connectivity index (χ3v) is 3.98. The summed E-state index contributed by atoms with van der Waals surface area (Å²) in [5, 5.41) is 8.34. The molecule has 100 valence electrons. The highest BCUT2D eigenvalue weighted by molar-refractivity contribution is 7.10. The number of aryl methyl sites for hydroxylation is 1. The molecule has 0 bridgehead atoms. The lowest BCUT2D eigenvalue weighted by Crippen LogP contribution is -2.34. The van der Waals surface area contributed by atoms with E-state index in [4.69, 9.17) is 11.6 Å². The van der Waals surface area contributed by atoms with Crippen molar-refractivity contribution in [2.45, 2.75) is 20.0 Å². The molecule has 19 heavy (non-hydrogen) atoms. The van der Waals surface area contributed by atoms with Crippen LogP contribution in [0.4, 0.5) is 4.79 Å². The molecule has 0 aliphatic carbocycles. The van der Waals surface area contributed by atoms with Crippen molar-refractivity contribution in [1.82, 2.24) is 10.6 Å². The van der Waals surface area contributed by atoms with Crippen LogP contribution in [-0.2, 0) is 13.1 Å². The van der Waals surface area contributed by atoms with Gasteiger partial charge >= 0.3 is 6.03 Å². The zero-order valence-corrected chi connectivity index (χ0v) is 12.1. The summed E-state index contributed by atoms with van der Waals surface area (Å²) in [6, 6.07) is 9.32. The number of hydrogen-bond donors (Lipinski definition) is 2. The van der Waals surface area contributed by atoms with Crippen LogP contribution in [0.1, 0.15) is 16.0 Å². The molecule has 1 aromatic carbocycles. The summed E-state index contributed by atoms with van der Waals surface area (Å²) in [7, 11) is 0. The maximum atomic E-state index is 11.7. The molecule has 0 unspecified atom stereocenters. The van der Waals surface area contributed by atoms with Gasteiger partial charge in [-0.25, -0.2) is 4.79 Å². The molecule has 0 aliphatic rings. The van der Waals surface area contributed by atoms with Crippen LogP contribution in [0.15, 0.2) is 35.7 Å². The van der Waals surface area contributed by atoms with Crippen molar-refractivity contribution in [3.63, 3.8) is 0 Å². The minimum absolute atomic E-state index is 0.173. The Labute approximate surface area is 121 Å². The van der Waals surface area contributed by atoms with Crippen LogP contribution in [0.3, 0.4) is 0 Å². The third kappa shape index (κ3) is 4.26. The van der Waals surface area contributed by atoms with Crippen LogP contribution >= 0.6 is 22.9 Å².